The lowest BCUT2D eigenvalue weighted by Gasteiger charge is -2.31. The minimum atomic E-state index is -3.58. The van der Waals surface area contributed by atoms with E-state index in [9.17, 15) is 22.8 Å². The van der Waals surface area contributed by atoms with Gasteiger partial charge in [0.25, 0.3) is 5.91 Å². The molecule has 2 heterocycles. The molecule has 1 aliphatic carbocycles. The normalized spacial score (nSPS) is 18.6. The van der Waals surface area contributed by atoms with Gasteiger partial charge >= 0.3 is 11.9 Å². The van der Waals surface area contributed by atoms with Crippen LogP contribution in [0.1, 0.15) is 36.0 Å². The third kappa shape index (κ3) is 3.87. The van der Waals surface area contributed by atoms with Gasteiger partial charge in [-0.25, -0.2) is 14.2 Å². The van der Waals surface area contributed by atoms with E-state index >= 15 is 0 Å². The number of nitrogens with zero attached hydrogens (tertiary/aromatic N) is 4. The van der Waals surface area contributed by atoms with Crippen LogP contribution in [0.15, 0.2) is 24.4 Å². The monoisotopic (exact) mass is 435 g/mol. The molecule has 1 amide bonds. The molecule has 0 radical (unpaired) electrons. The maximum atomic E-state index is 14.6. The van der Waals surface area contributed by atoms with Crippen molar-refractivity contribution < 1.29 is 27.9 Å². The standard InChI is InChI=1S/C20H20F3N5O3/c1-27-15-9-24-19(25-11-6-7-13(17(29)30)14(21)8-11)26-16(15)28(12-4-2-3-5-12)10-20(22,23)18(27)31/h6-9,12H,2-5,10H2,1H3,(H,29,30)(H,24,25,26). The fraction of sp³-hybridized carbons (Fsp3) is 0.400. The first-order chi connectivity index (χ1) is 14.7. The number of alkyl halides is 2. The number of nitrogens with one attached hydrogen (secondary N) is 1. The third-order valence-corrected chi connectivity index (χ3v) is 5.59. The molecule has 1 aromatic carbocycles. The number of carboxylic acid groups (broad SMARTS) is 1. The van der Waals surface area contributed by atoms with E-state index in [1.165, 1.54) is 24.2 Å². The lowest BCUT2D eigenvalue weighted by Crippen LogP contribution is -2.48. The number of rotatable bonds is 4. The number of aromatic nitrogens is 2. The van der Waals surface area contributed by atoms with Gasteiger partial charge in [0.2, 0.25) is 5.95 Å². The van der Waals surface area contributed by atoms with E-state index in [4.69, 9.17) is 5.11 Å². The predicted octanol–water partition coefficient (Wildman–Crippen LogP) is 3.42. The molecule has 0 saturated heterocycles. The SMILES string of the molecule is CN1C(=O)C(F)(F)CN(C2CCCC2)c2nc(Nc3ccc(C(=O)O)c(F)c3)ncc21. The second kappa shape index (κ2) is 7.71. The van der Waals surface area contributed by atoms with Crippen LogP contribution in [0.25, 0.3) is 0 Å². The Kier molecular flexibility index (Phi) is 5.19. The Labute approximate surface area is 175 Å². The van der Waals surface area contributed by atoms with E-state index in [1.807, 2.05) is 0 Å². The smallest absolute Gasteiger partial charge is 0.342 e. The van der Waals surface area contributed by atoms with Crippen LogP contribution in [-0.4, -0.2) is 52.5 Å². The van der Waals surface area contributed by atoms with Gasteiger partial charge in [-0.05, 0) is 31.0 Å². The topological polar surface area (TPSA) is 98.7 Å². The lowest BCUT2D eigenvalue weighted by atomic mass is 10.2. The summed E-state index contributed by atoms with van der Waals surface area (Å²) in [6.45, 7) is -0.785. The van der Waals surface area contributed by atoms with E-state index in [1.54, 1.807) is 0 Å². The molecule has 0 spiro atoms. The van der Waals surface area contributed by atoms with Crippen LogP contribution >= 0.6 is 0 Å². The summed E-state index contributed by atoms with van der Waals surface area (Å²) in [5.41, 5.74) is -0.131. The van der Waals surface area contributed by atoms with E-state index in [0.29, 0.717) is 12.8 Å². The average molecular weight is 435 g/mol. The number of hydrogen-bond donors (Lipinski definition) is 2. The Bertz CT molecular complexity index is 1040. The summed E-state index contributed by atoms with van der Waals surface area (Å²) < 4.78 is 43.2. The number of carboxylic acids is 1. The van der Waals surface area contributed by atoms with Gasteiger partial charge < -0.3 is 20.2 Å². The molecular formula is C20H20F3N5O3. The zero-order chi connectivity index (χ0) is 22.3. The minimum absolute atomic E-state index is 0.00953. The van der Waals surface area contributed by atoms with Crippen LogP contribution in [0.4, 0.5) is 36.3 Å². The van der Waals surface area contributed by atoms with Crippen LogP contribution < -0.4 is 15.1 Å². The molecule has 11 heteroatoms. The number of carbonyl (C=O) groups is 2. The van der Waals surface area contributed by atoms with Crippen molar-refractivity contribution in [2.75, 3.05) is 28.7 Å². The third-order valence-electron chi connectivity index (χ3n) is 5.59. The van der Waals surface area contributed by atoms with Crippen molar-refractivity contribution in [3.05, 3.63) is 35.8 Å². The molecule has 0 atom stereocenters. The molecule has 31 heavy (non-hydrogen) atoms. The predicted molar refractivity (Wildman–Crippen MR) is 107 cm³/mol. The van der Waals surface area contributed by atoms with Gasteiger partial charge in [0, 0.05) is 18.8 Å². The zero-order valence-electron chi connectivity index (χ0n) is 16.6. The molecule has 1 fully saturated rings. The molecule has 164 valence electrons. The van der Waals surface area contributed by atoms with Crippen LogP contribution in [0.2, 0.25) is 0 Å². The van der Waals surface area contributed by atoms with Crippen molar-refractivity contribution in [1.29, 1.82) is 0 Å². The molecule has 1 aliphatic heterocycles. The summed E-state index contributed by atoms with van der Waals surface area (Å²) in [5.74, 6) is -7.04. The summed E-state index contributed by atoms with van der Waals surface area (Å²) in [6.07, 6.45) is 4.49. The Morgan fingerprint density at radius 3 is 2.65 bits per heavy atom. The molecule has 8 nitrogen and oxygen atoms in total. The van der Waals surface area contributed by atoms with E-state index in [-0.39, 0.29) is 29.2 Å². The molecule has 0 bridgehead atoms. The first-order valence-electron chi connectivity index (χ1n) is 9.77. The number of halogens is 3. The quantitative estimate of drug-likeness (QED) is 0.759. The maximum absolute atomic E-state index is 14.6. The highest BCUT2D eigenvalue weighted by molar-refractivity contribution is 6.02. The lowest BCUT2D eigenvalue weighted by molar-refractivity contribution is -0.140. The Morgan fingerprint density at radius 1 is 1.29 bits per heavy atom. The fourth-order valence-electron chi connectivity index (χ4n) is 4.00. The second-order valence-electron chi connectivity index (χ2n) is 7.66. The van der Waals surface area contributed by atoms with Gasteiger partial charge in [-0.2, -0.15) is 13.8 Å². The highest BCUT2D eigenvalue weighted by atomic mass is 19.3. The fourth-order valence-corrected chi connectivity index (χ4v) is 4.00. The second-order valence-corrected chi connectivity index (χ2v) is 7.66. The first kappa shape index (κ1) is 20.9. The van der Waals surface area contributed by atoms with Gasteiger partial charge in [0.15, 0.2) is 5.82 Å². The number of amides is 1. The van der Waals surface area contributed by atoms with E-state index < -0.39 is 35.7 Å². The summed E-state index contributed by atoms with van der Waals surface area (Å²) in [4.78, 5) is 34.0. The van der Waals surface area contributed by atoms with Crippen LogP contribution in [0, 0.1) is 5.82 Å². The van der Waals surface area contributed by atoms with Crippen molar-refractivity contribution in [3.8, 4) is 0 Å². The zero-order valence-corrected chi connectivity index (χ0v) is 16.6. The number of carbonyl (C=O) groups excluding carboxylic acids is 1. The molecule has 1 aromatic heterocycles. The van der Waals surface area contributed by atoms with Crippen LogP contribution in [0.3, 0.4) is 0 Å². The van der Waals surface area contributed by atoms with E-state index in [2.05, 4.69) is 15.3 Å². The minimum Gasteiger partial charge on any atom is -0.478 e. The summed E-state index contributed by atoms with van der Waals surface area (Å²) in [7, 11) is 1.25. The van der Waals surface area contributed by atoms with Crippen LogP contribution in [0.5, 0.6) is 0 Å². The van der Waals surface area contributed by atoms with Gasteiger partial charge in [0.05, 0.1) is 18.3 Å². The van der Waals surface area contributed by atoms with Crippen molar-refractivity contribution in [2.45, 2.75) is 37.6 Å². The van der Waals surface area contributed by atoms with Crippen molar-refractivity contribution in [3.63, 3.8) is 0 Å². The number of hydrogen-bond acceptors (Lipinski definition) is 6. The highest BCUT2D eigenvalue weighted by Crippen LogP contribution is 2.39. The Morgan fingerprint density at radius 2 is 2.00 bits per heavy atom. The summed E-state index contributed by atoms with van der Waals surface area (Å²) in [5, 5.41) is 11.7. The number of fused-ring (bicyclic) bond motifs is 1. The molecular weight excluding hydrogens is 415 g/mol. The van der Waals surface area contributed by atoms with Gasteiger partial charge in [-0.1, -0.05) is 12.8 Å². The number of aromatic carboxylic acids is 1. The van der Waals surface area contributed by atoms with Gasteiger partial charge in [-0.15, -0.1) is 0 Å². The summed E-state index contributed by atoms with van der Waals surface area (Å²) >= 11 is 0. The number of benzene rings is 1. The highest BCUT2D eigenvalue weighted by Gasteiger charge is 2.48. The molecule has 2 aliphatic rings. The van der Waals surface area contributed by atoms with E-state index in [0.717, 1.165) is 29.9 Å². The van der Waals surface area contributed by atoms with Crippen LogP contribution in [-0.2, 0) is 4.79 Å². The van der Waals surface area contributed by atoms with Gasteiger partial charge in [-0.3, -0.25) is 4.79 Å². The largest absolute Gasteiger partial charge is 0.478 e. The molecule has 2 N–H and O–H groups in total. The Hall–Kier alpha value is -3.37. The maximum Gasteiger partial charge on any atom is 0.342 e. The molecule has 0 unspecified atom stereocenters. The van der Waals surface area contributed by atoms with Crippen molar-refractivity contribution >= 4 is 35.0 Å². The molecule has 1 saturated carbocycles. The van der Waals surface area contributed by atoms with Crippen molar-refractivity contribution in [1.82, 2.24) is 9.97 Å². The Balaban J connectivity index is 1.72. The summed E-state index contributed by atoms with van der Waals surface area (Å²) in [6, 6.07) is 3.25. The average Bonchev–Trinajstić information content (AvgIpc) is 3.23. The van der Waals surface area contributed by atoms with Gasteiger partial charge in [0.1, 0.15) is 11.5 Å². The van der Waals surface area contributed by atoms with Crippen molar-refractivity contribution in [2.24, 2.45) is 0 Å². The first-order valence-corrected chi connectivity index (χ1v) is 9.77. The molecule has 4 rings (SSSR count). The number of anilines is 4. The molecule has 2 aromatic rings.